The van der Waals surface area contributed by atoms with Crippen molar-refractivity contribution < 1.29 is 0 Å². The van der Waals surface area contributed by atoms with Gasteiger partial charge in [-0.15, -0.1) is 0 Å². The van der Waals surface area contributed by atoms with Crippen LogP contribution in [0.1, 0.15) is 127 Å². The molecule has 1 aromatic carbocycles. The highest BCUT2D eigenvalue weighted by Gasteiger charge is 2.20. The van der Waals surface area contributed by atoms with Gasteiger partial charge in [0.1, 0.15) is 0 Å². The van der Waals surface area contributed by atoms with E-state index in [4.69, 9.17) is 0 Å². The first-order chi connectivity index (χ1) is 14.3. The van der Waals surface area contributed by atoms with Crippen molar-refractivity contribution in [3.8, 4) is 0 Å². The number of imidazole rings is 1. The summed E-state index contributed by atoms with van der Waals surface area (Å²) in [6, 6.07) is 9.58. The highest BCUT2D eigenvalue weighted by atomic mass is 15.0. The first kappa shape index (κ1) is 23.7. The third kappa shape index (κ3) is 7.99. The molecule has 0 bridgehead atoms. The Kier molecular flexibility index (Phi) is 11.8. The molecule has 1 heterocycles. The maximum absolute atomic E-state index is 4.29. The Morgan fingerprint density at radius 1 is 0.759 bits per heavy atom. The molecule has 2 atom stereocenters. The van der Waals surface area contributed by atoms with E-state index in [-0.39, 0.29) is 0 Å². The third-order valence-electron chi connectivity index (χ3n) is 6.36. The summed E-state index contributed by atoms with van der Waals surface area (Å²) in [4.78, 5) is 4.29. The Labute approximate surface area is 180 Å². The topological polar surface area (TPSA) is 17.8 Å². The van der Waals surface area contributed by atoms with E-state index >= 15 is 0 Å². The Morgan fingerprint density at radius 2 is 1.41 bits per heavy atom. The molecule has 0 amide bonds. The minimum atomic E-state index is 0.399. The molecule has 1 aromatic heterocycles. The van der Waals surface area contributed by atoms with Gasteiger partial charge in [0.05, 0.1) is 12.4 Å². The minimum Gasteiger partial charge on any atom is -0.330 e. The molecule has 0 radical (unpaired) electrons. The number of benzene rings is 1. The summed E-state index contributed by atoms with van der Waals surface area (Å²) < 4.78 is 2.28. The summed E-state index contributed by atoms with van der Waals surface area (Å²) in [5, 5.41) is 0. The Morgan fingerprint density at radius 3 is 2.00 bits per heavy atom. The average Bonchev–Trinajstić information content (AvgIpc) is 3.27. The second-order valence-electron chi connectivity index (χ2n) is 8.67. The van der Waals surface area contributed by atoms with Crippen LogP contribution in [0, 0.1) is 0 Å². The number of hydrogen-bond acceptors (Lipinski definition) is 1. The van der Waals surface area contributed by atoms with Gasteiger partial charge < -0.3 is 4.57 Å². The fraction of sp³-hybridized carbons (Fsp3) is 0.667. The van der Waals surface area contributed by atoms with E-state index < -0.39 is 0 Å². The highest BCUT2D eigenvalue weighted by molar-refractivity contribution is 5.33. The molecule has 2 nitrogen and oxygen atoms in total. The molecular weight excluding hydrogens is 352 g/mol. The van der Waals surface area contributed by atoms with Gasteiger partial charge in [-0.2, -0.15) is 0 Å². The largest absolute Gasteiger partial charge is 0.330 e. The van der Waals surface area contributed by atoms with Crippen LogP contribution in [0.25, 0.3) is 0 Å². The van der Waals surface area contributed by atoms with Gasteiger partial charge in [0.2, 0.25) is 0 Å². The first-order valence-electron chi connectivity index (χ1n) is 12.4. The summed E-state index contributed by atoms with van der Waals surface area (Å²) in [6.07, 6.45) is 23.7. The van der Waals surface area contributed by atoms with Crippen molar-refractivity contribution in [3.63, 3.8) is 0 Å². The van der Waals surface area contributed by atoms with E-state index in [2.05, 4.69) is 60.8 Å². The molecule has 0 saturated carbocycles. The number of nitrogens with zero attached hydrogens (tertiary/aromatic N) is 2. The quantitative estimate of drug-likeness (QED) is 0.259. The van der Waals surface area contributed by atoms with Gasteiger partial charge in [-0.1, -0.05) is 109 Å². The van der Waals surface area contributed by atoms with Gasteiger partial charge in [0, 0.05) is 12.4 Å². The van der Waals surface area contributed by atoms with Gasteiger partial charge in [0.25, 0.3) is 0 Å². The number of aromatic nitrogens is 2. The normalized spacial score (nSPS) is 13.5. The Bertz CT molecular complexity index is 632. The molecule has 29 heavy (non-hydrogen) atoms. The molecule has 0 aliphatic heterocycles. The lowest BCUT2D eigenvalue weighted by Gasteiger charge is -2.25. The smallest absolute Gasteiger partial charge is 0.0951 e. The molecule has 2 rings (SSSR count). The summed E-state index contributed by atoms with van der Waals surface area (Å²) in [6.45, 7) is 6.92. The van der Waals surface area contributed by atoms with Crippen molar-refractivity contribution in [2.24, 2.45) is 0 Å². The molecule has 2 aromatic rings. The van der Waals surface area contributed by atoms with Crippen molar-refractivity contribution in [2.45, 2.75) is 116 Å². The molecule has 0 saturated heterocycles. The SMILES string of the molecule is CCCCCCCCCCC[C@H](CCC)c1ccccc1C(CC)n1ccnc1. The van der Waals surface area contributed by atoms with E-state index in [0.29, 0.717) is 12.0 Å². The predicted octanol–water partition coefficient (Wildman–Crippen LogP) is 8.69. The van der Waals surface area contributed by atoms with Crippen LogP contribution in [0.5, 0.6) is 0 Å². The van der Waals surface area contributed by atoms with Gasteiger partial charge in [-0.05, 0) is 36.3 Å². The van der Waals surface area contributed by atoms with Crippen LogP contribution in [-0.4, -0.2) is 9.55 Å². The zero-order chi connectivity index (χ0) is 20.7. The average molecular weight is 397 g/mol. The molecule has 0 fully saturated rings. The van der Waals surface area contributed by atoms with E-state index in [1.54, 1.807) is 5.56 Å². The number of unbranched alkanes of at least 4 members (excludes halogenated alkanes) is 8. The van der Waals surface area contributed by atoms with Crippen LogP contribution in [0.15, 0.2) is 43.0 Å². The zero-order valence-corrected chi connectivity index (χ0v) is 19.3. The lowest BCUT2D eigenvalue weighted by molar-refractivity contribution is 0.493. The lowest BCUT2D eigenvalue weighted by Crippen LogP contribution is -2.12. The second kappa shape index (κ2) is 14.4. The van der Waals surface area contributed by atoms with Crippen LogP contribution in [0.4, 0.5) is 0 Å². The van der Waals surface area contributed by atoms with Crippen molar-refractivity contribution in [1.29, 1.82) is 0 Å². The molecule has 0 N–H and O–H groups in total. The zero-order valence-electron chi connectivity index (χ0n) is 19.3. The molecular formula is C27H44N2. The number of rotatable bonds is 16. The monoisotopic (exact) mass is 396 g/mol. The van der Waals surface area contributed by atoms with Gasteiger partial charge in [-0.3, -0.25) is 0 Å². The van der Waals surface area contributed by atoms with Crippen LogP contribution < -0.4 is 0 Å². The van der Waals surface area contributed by atoms with Gasteiger partial charge in [0.15, 0.2) is 0 Å². The third-order valence-corrected chi connectivity index (χ3v) is 6.36. The van der Waals surface area contributed by atoms with E-state index in [0.717, 1.165) is 6.42 Å². The molecule has 162 valence electrons. The van der Waals surface area contributed by atoms with Crippen molar-refractivity contribution in [3.05, 3.63) is 54.1 Å². The molecule has 0 spiro atoms. The first-order valence-corrected chi connectivity index (χ1v) is 12.4. The van der Waals surface area contributed by atoms with Crippen molar-refractivity contribution in [1.82, 2.24) is 9.55 Å². The highest BCUT2D eigenvalue weighted by Crippen LogP contribution is 2.35. The van der Waals surface area contributed by atoms with E-state index in [1.807, 2.05) is 12.5 Å². The van der Waals surface area contributed by atoms with Crippen LogP contribution in [0.2, 0.25) is 0 Å². The molecule has 0 aliphatic carbocycles. The Balaban J connectivity index is 1.91. The van der Waals surface area contributed by atoms with Gasteiger partial charge in [-0.25, -0.2) is 4.98 Å². The maximum Gasteiger partial charge on any atom is 0.0951 e. The maximum atomic E-state index is 4.29. The summed E-state index contributed by atoms with van der Waals surface area (Å²) in [5.74, 6) is 0.693. The van der Waals surface area contributed by atoms with Crippen molar-refractivity contribution >= 4 is 0 Å². The fourth-order valence-electron chi connectivity index (χ4n) is 4.74. The van der Waals surface area contributed by atoms with Crippen LogP contribution >= 0.6 is 0 Å². The summed E-state index contributed by atoms with van der Waals surface area (Å²) >= 11 is 0. The molecule has 1 unspecified atom stereocenters. The summed E-state index contributed by atoms with van der Waals surface area (Å²) in [5.41, 5.74) is 3.08. The minimum absolute atomic E-state index is 0.399. The van der Waals surface area contributed by atoms with Crippen LogP contribution in [0.3, 0.4) is 0 Å². The lowest BCUT2D eigenvalue weighted by atomic mass is 9.84. The fourth-order valence-corrected chi connectivity index (χ4v) is 4.74. The predicted molar refractivity (Wildman–Crippen MR) is 127 cm³/mol. The Hall–Kier alpha value is -1.57. The molecule has 0 aliphatic rings. The molecule has 2 heteroatoms. The number of hydrogen-bond donors (Lipinski definition) is 0. The standard InChI is InChI=1S/C27H44N2/c1-4-7-8-9-10-11-12-13-14-18-24(17-5-2)25-19-15-16-20-26(25)27(6-3)29-22-21-28-23-29/h15-16,19-24,27H,4-14,17-18H2,1-3H3/t24-,27?/m0/s1. The van der Waals surface area contributed by atoms with Crippen molar-refractivity contribution in [2.75, 3.05) is 0 Å². The van der Waals surface area contributed by atoms with E-state index in [1.165, 1.54) is 82.6 Å². The summed E-state index contributed by atoms with van der Waals surface area (Å²) in [7, 11) is 0. The van der Waals surface area contributed by atoms with Crippen LogP contribution in [-0.2, 0) is 0 Å². The van der Waals surface area contributed by atoms with E-state index in [9.17, 15) is 0 Å². The van der Waals surface area contributed by atoms with Gasteiger partial charge >= 0.3 is 0 Å². The second-order valence-corrected chi connectivity index (χ2v) is 8.67.